The lowest BCUT2D eigenvalue weighted by atomic mass is 10.0. The molecule has 0 fully saturated rings. The highest BCUT2D eigenvalue weighted by Crippen LogP contribution is 2.33. The van der Waals surface area contributed by atoms with E-state index in [1.807, 2.05) is 0 Å². The molecule has 0 spiro atoms. The van der Waals surface area contributed by atoms with Crippen molar-refractivity contribution in [2.24, 2.45) is 0 Å². The van der Waals surface area contributed by atoms with E-state index in [2.05, 4.69) is 15.3 Å². The van der Waals surface area contributed by atoms with E-state index in [-0.39, 0.29) is 5.56 Å². The molecular weight excluding hydrogens is 286 g/mol. The summed E-state index contributed by atoms with van der Waals surface area (Å²) in [4.78, 5) is 8.18. The van der Waals surface area contributed by atoms with E-state index in [1.54, 1.807) is 26.4 Å². The van der Waals surface area contributed by atoms with E-state index in [1.165, 1.54) is 6.07 Å². The molecule has 2 aromatic rings. The molecular formula is C14H13F4N3. The Morgan fingerprint density at radius 2 is 1.76 bits per heavy atom. The van der Waals surface area contributed by atoms with E-state index >= 15 is 0 Å². The van der Waals surface area contributed by atoms with Gasteiger partial charge in [0.2, 0.25) is 0 Å². The van der Waals surface area contributed by atoms with Crippen LogP contribution in [0.25, 0.3) is 0 Å². The van der Waals surface area contributed by atoms with Gasteiger partial charge in [-0.3, -0.25) is 0 Å². The summed E-state index contributed by atoms with van der Waals surface area (Å²) in [6, 6.07) is 2.22. The minimum atomic E-state index is -4.74. The van der Waals surface area contributed by atoms with Crippen LogP contribution in [0.4, 0.5) is 17.6 Å². The van der Waals surface area contributed by atoms with Gasteiger partial charge in [-0.15, -0.1) is 0 Å². The van der Waals surface area contributed by atoms with Gasteiger partial charge in [0.05, 0.1) is 11.6 Å². The second-order valence-electron chi connectivity index (χ2n) is 4.58. The van der Waals surface area contributed by atoms with Crippen LogP contribution in [-0.2, 0) is 6.18 Å². The molecule has 21 heavy (non-hydrogen) atoms. The van der Waals surface area contributed by atoms with Crippen molar-refractivity contribution < 1.29 is 17.6 Å². The highest BCUT2D eigenvalue weighted by molar-refractivity contribution is 5.32. The van der Waals surface area contributed by atoms with Gasteiger partial charge in [0.15, 0.2) is 0 Å². The fourth-order valence-electron chi connectivity index (χ4n) is 1.94. The van der Waals surface area contributed by atoms with Crippen molar-refractivity contribution in [3.8, 4) is 0 Å². The summed E-state index contributed by atoms with van der Waals surface area (Å²) in [7, 11) is 1.57. The molecule has 0 aliphatic rings. The Bertz CT molecular complexity index is 623. The highest BCUT2D eigenvalue weighted by Gasteiger charge is 2.35. The first-order valence-corrected chi connectivity index (χ1v) is 6.15. The molecule has 1 aromatic carbocycles. The van der Waals surface area contributed by atoms with Gasteiger partial charge in [0.1, 0.15) is 11.6 Å². The van der Waals surface area contributed by atoms with Crippen LogP contribution in [0.5, 0.6) is 0 Å². The summed E-state index contributed by atoms with van der Waals surface area (Å²) in [5.41, 5.74) is -0.217. The lowest BCUT2D eigenvalue weighted by Crippen LogP contribution is -2.21. The van der Waals surface area contributed by atoms with Crippen molar-refractivity contribution in [1.29, 1.82) is 0 Å². The van der Waals surface area contributed by atoms with E-state index in [9.17, 15) is 17.6 Å². The molecule has 1 heterocycles. The van der Waals surface area contributed by atoms with Gasteiger partial charge in [-0.25, -0.2) is 14.4 Å². The Hall–Kier alpha value is -2.02. The van der Waals surface area contributed by atoms with Gasteiger partial charge < -0.3 is 5.32 Å². The number of alkyl halides is 3. The maximum atomic E-state index is 13.3. The van der Waals surface area contributed by atoms with Crippen LogP contribution in [0.15, 0.2) is 30.6 Å². The first-order valence-electron chi connectivity index (χ1n) is 6.15. The topological polar surface area (TPSA) is 37.8 Å². The molecule has 1 N–H and O–H groups in total. The number of hydrogen-bond acceptors (Lipinski definition) is 3. The van der Waals surface area contributed by atoms with E-state index in [0.29, 0.717) is 5.82 Å². The third-order valence-corrected chi connectivity index (χ3v) is 2.98. The van der Waals surface area contributed by atoms with Crippen LogP contribution < -0.4 is 5.32 Å². The van der Waals surface area contributed by atoms with E-state index in [4.69, 9.17) is 0 Å². The fourth-order valence-corrected chi connectivity index (χ4v) is 1.94. The molecule has 1 atom stereocenters. The molecule has 0 aliphatic heterocycles. The molecule has 0 amide bonds. The van der Waals surface area contributed by atoms with Gasteiger partial charge in [-0.1, -0.05) is 6.07 Å². The third-order valence-electron chi connectivity index (χ3n) is 2.98. The van der Waals surface area contributed by atoms with Crippen LogP contribution in [0, 0.1) is 12.7 Å². The molecule has 3 nitrogen and oxygen atoms in total. The SMILES string of the molecule is CNC(c1ccc(F)c(C(F)(F)F)c1)c1ncc(C)cn1. The molecule has 112 valence electrons. The zero-order valence-corrected chi connectivity index (χ0v) is 11.4. The van der Waals surface area contributed by atoms with Crippen molar-refractivity contribution in [2.75, 3.05) is 7.05 Å². The monoisotopic (exact) mass is 299 g/mol. The lowest BCUT2D eigenvalue weighted by molar-refractivity contribution is -0.140. The van der Waals surface area contributed by atoms with Gasteiger partial charge in [-0.2, -0.15) is 13.2 Å². The second kappa shape index (κ2) is 5.77. The first kappa shape index (κ1) is 15.4. The Balaban J connectivity index is 2.46. The van der Waals surface area contributed by atoms with Crippen molar-refractivity contribution in [3.63, 3.8) is 0 Å². The summed E-state index contributed by atoms with van der Waals surface area (Å²) in [5, 5.41) is 2.84. The van der Waals surface area contributed by atoms with Crippen LogP contribution in [0.1, 0.15) is 28.6 Å². The molecule has 2 rings (SSSR count). The van der Waals surface area contributed by atoms with E-state index < -0.39 is 23.6 Å². The molecule has 0 radical (unpaired) electrons. The van der Waals surface area contributed by atoms with Gasteiger partial charge in [-0.05, 0) is 37.2 Å². The number of aromatic nitrogens is 2. The predicted molar refractivity (Wildman–Crippen MR) is 69.1 cm³/mol. The molecule has 1 unspecified atom stereocenters. The minimum absolute atomic E-state index is 0.245. The Morgan fingerprint density at radius 3 is 2.29 bits per heavy atom. The molecule has 1 aromatic heterocycles. The van der Waals surface area contributed by atoms with Crippen molar-refractivity contribution >= 4 is 0 Å². The number of hydrogen-bond donors (Lipinski definition) is 1. The Labute approximate surface area is 119 Å². The summed E-state index contributed by atoms with van der Waals surface area (Å²) in [5.74, 6) is -0.978. The quantitative estimate of drug-likeness (QED) is 0.884. The largest absolute Gasteiger partial charge is 0.419 e. The number of aryl methyl sites for hydroxylation is 1. The maximum absolute atomic E-state index is 13.3. The summed E-state index contributed by atoms with van der Waals surface area (Å²) in [6.07, 6.45) is -1.60. The summed E-state index contributed by atoms with van der Waals surface area (Å²) >= 11 is 0. The number of halogens is 4. The molecule has 0 saturated carbocycles. The highest BCUT2D eigenvalue weighted by atomic mass is 19.4. The number of nitrogens with zero attached hydrogens (tertiary/aromatic N) is 2. The van der Waals surface area contributed by atoms with Crippen LogP contribution in [-0.4, -0.2) is 17.0 Å². The van der Waals surface area contributed by atoms with Crippen molar-refractivity contribution in [1.82, 2.24) is 15.3 Å². The summed E-state index contributed by atoms with van der Waals surface area (Å²) in [6.45, 7) is 1.80. The third kappa shape index (κ3) is 3.36. The zero-order chi connectivity index (χ0) is 15.6. The zero-order valence-electron chi connectivity index (χ0n) is 11.4. The van der Waals surface area contributed by atoms with Crippen molar-refractivity contribution in [3.05, 3.63) is 58.9 Å². The first-order chi connectivity index (χ1) is 9.82. The fraction of sp³-hybridized carbons (Fsp3) is 0.286. The summed E-state index contributed by atoms with van der Waals surface area (Å²) < 4.78 is 51.6. The van der Waals surface area contributed by atoms with E-state index in [0.717, 1.165) is 17.7 Å². The smallest absolute Gasteiger partial charge is 0.307 e. The molecule has 0 aliphatic carbocycles. The number of benzene rings is 1. The van der Waals surface area contributed by atoms with Gasteiger partial charge in [0, 0.05) is 12.4 Å². The molecule has 0 saturated heterocycles. The number of rotatable bonds is 3. The molecule has 7 heteroatoms. The van der Waals surface area contributed by atoms with Gasteiger partial charge >= 0.3 is 6.18 Å². The average molecular weight is 299 g/mol. The second-order valence-corrected chi connectivity index (χ2v) is 4.58. The maximum Gasteiger partial charge on any atom is 0.419 e. The Kier molecular flexibility index (Phi) is 4.22. The lowest BCUT2D eigenvalue weighted by Gasteiger charge is -2.17. The number of nitrogens with one attached hydrogen (secondary N) is 1. The predicted octanol–water partition coefficient (Wildman–Crippen LogP) is 3.25. The minimum Gasteiger partial charge on any atom is -0.307 e. The van der Waals surface area contributed by atoms with Gasteiger partial charge in [0.25, 0.3) is 0 Å². The Morgan fingerprint density at radius 1 is 1.14 bits per heavy atom. The van der Waals surface area contributed by atoms with Crippen LogP contribution in [0.2, 0.25) is 0 Å². The average Bonchev–Trinajstić information content (AvgIpc) is 2.42. The van der Waals surface area contributed by atoms with Crippen molar-refractivity contribution in [2.45, 2.75) is 19.1 Å². The van der Waals surface area contributed by atoms with Crippen LogP contribution >= 0.6 is 0 Å². The standard InChI is InChI=1S/C14H13F4N3/c1-8-6-20-13(21-7-8)12(19-2)9-3-4-11(15)10(5-9)14(16,17)18/h3-7,12,19H,1-2H3. The normalized spacial score (nSPS) is 13.2. The van der Waals surface area contributed by atoms with Crippen LogP contribution in [0.3, 0.4) is 0 Å². The molecule has 0 bridgehead atoms.